The van der Waals surface area contributed by atoms with Crippen LogP contribution in [0, 0.1) is 17.8 Å². The highest BCUT2D eigenvalue weighted by molar-refractivity contribution is 8.00. The predicted octanol–water partition coefficient (Wildman–Crippen LogP) is 1.66. The Hall–Kier alpha value is -2.01. The molecular formula is C25H39N3O6S2. The molecule has 0 aromatic rings. The van der Waals surface area contributed by atoms with Gasteiger partial charge in [-0.15, -0.1) is 0 Å². The predicted molar refractivity (Wildman–Crippen MR) is 143 cm³/mol. The molecule has 36 heavy (non-hydrogen) atoms. The van der Waals surface area contributed by atoms with Gasteiger partial charge in [-0.1, -0.05) is 40.7 Å². The zero-order valence-corrected chi connectivity index (χ0v) is 23.3. The van der Waals surface area contributed by atoms with Gasteiger partial charge in [0.25, 0.3) is 0 Å². The lowest BCUT2D eigenvalue weighted by Gasteiger charge is -2.27. The Morgan fingerprint density at radius 3 is 2.31 bits per heavy atom. The molecule has 2 rings (SSSR count). The summed E-state index contributed by atoms with van der Waals surface area (Å²) in [5.74, 6) is -2.55. The van der Waals surface area contributed by atoms with Gasteiger partial charge in [0.15, 0.2) is 5.78 Å². The van der Waals surface area contributed by atoms with Crippen LogP contribution < -0.4 is 16.0 Å². The zero-order chi connectivity index (χ0) is 27.0. The average molecular weight is 542 g/mol. The maximum Gasteiger partial charge on any atom is 0.310 e. The maximum absolute atomic E-state index is 13.3. The van der Waals surface area contributed by atoms with Gasteiger partial charge in [-0.05, 0) is 30.1 Å². The molecule has 2 unspecified atom stereocenters. The van der Waals surface area contributed by atoms with Crippen molar-refractivity contribution >= 4 is 53.9 Å². The van der Waals surface area contributed by atoms with E-state index in [1.807, 2.05) is 20.8 Å². The number of amides is 3. The van der Waals surface area contributed by atoms with Crippen LogP contribution in [0.4, 0.5) is 0 Å². The van der Waals surface area contributed by atoms with Crippen LogP contribution in [0.1, 0.15) is 53.9 Å². The number of hydrogen-bond acceptors (Lipinski definition) is 8. The molecule has 2 saturated heterocycles. The van der Waals surface area contributed by atoms with E-state index < -0.39 is 53.8 Å². The highest BCUT2D eigenvalue weighted by Gasteiger charge is 2.39. The summed E-state index contributed by atoms with van der Waals surface area (Å²) in [6.07, 6.45) is 2.93. The van der Waals surface area contributed by atoms with Gasteiger partial charge >= 0.3 is 5.97 Å². The first-order chi connectivity index (χ1) is 16.9. The molecule has 0 aromatic heterocycles. The van der Waals surface area contributed by atoms with Crippen LogP contribution in [0.25, 0.3) is 0 Å². The second-order valence-corrected chi connectivity index (χ2v) is 11.9. The van der Waals surface area contributed by atoms with Gasteiger partial charge in [0.1, 0.15) is 18.2 Å². The Balaban J connectivity index is 2.44. The third-order valence-electron chi connectivity index (χ3n) is 6.37. The number of nitrogens with one attached hydrogen (secondary N) is 3. The van der Waals surface area contributed by atoms with Crippen molar-refractivity contribution in [1.82, 2.24) is 16.0 Å². The zero-order valence-electron chi connectivity index (χ0n) is 21.6. The molecule has 2 aliphatic heterocycles. The molecule has 202 valence electrons. The summed E-state index contributed by atoms with van der Waals surface area (Å²) in [5, 5.41) is 8.00. The first-order valence-electron chi connectivity index (χ1n) is 12.5. The lowest BCUT2D eigenvalue weighted by molar-refractivity contribution is -0.156. The van der Waals surface area contributed by atoms with Gasteiger partial charge in [0.2, 0.25) is 17.7 Å². The molecule has 3 N–H and O–H groups in total. The molecule has 0 radical (unpaired) electrons. The quantitative estimate of drug-likeness (QED) is 0.237. The molecule has 11 heteroatoms. The normalized spacial score (nSPS) is 31.3. The lowest BCUT2D eigenvalue weighted by Crippen LogP contribution is -2.57. The summed E-state index contributed by atoms with van der Waals surface area (Å²) in [7, 11) is 0. The van der Waals surface area contributed by atoms with E-state index in [0.717, 1.165) is 0 Å². The van der Waals surface area contributed by atoms with Crippen LogP contribution in [-0.2, 0) is 28.7 Å². The maximum atomic E-state index is 13.3. The molecule has 2 heterocycles. The fourth-order valence-corrected chi connectivity index (χ4v) is 5.39. The standard InChI is InChI=1S/C25H39N3O6S2/c1-13(2)17-11-19(29)22-15(5)36-12-18(23(31)28-22)26-24(32)21(14(3)4)27-20(30)10-16(34-25(17)33)8-6-7-9-35/h6,8,13-18,21-22,35H,7,9-12H2,1-5H3,(H,26,32)(H,27,30)(H,28,31)/t15?,16-,17+,18-,21-,22?/m1/s1. The largest absolute Gasteiger partial charge is 0.457 e. The van der Waals surface area contributed by atoms with E-state index >= 15 is 0 Å². The lowest BCUT2D eigenvalue weighted by atomic mass is 9.88. The van der Waals surface area contributed by atoms with Gasteiger partial charge in [-0.3, -0.25) is 24.0 Å². The molecular weight excluding hydrogens is 502 g/mol. The number of thiol groups is 1. The Kier molecular flexibility index (Phi) is 11.8. The Morgan fingerprint density at radius 2 is 1.69 bits per heavy atom. The minimum absolute atomic E-state index is 0.0991. The summed E-state index contributed by atoms with van der Waals surface area (Å²) in [4.78, 5) is 65.3. The van der Waals surface area contributed by atoms with Crippen LogP contribution in [0.5, 0.6) is 0 Å². The number of carbonyl (C=O) groups excluding carboxylic acids is 5. The number of esters is 1. The molecule has 0 spiro atoms. The molecule has 2 bridgehead atoms. The van der Waals surface area contributed by atoms with Crippen molar-refractivity contribution in [3.05, 3.63) is 12.2 Å². The monoisotopic (exact) mass is 541 g/mol. The van der Waals surface area contributed by atoms with Crippen molar-refractivity contribution in [2.24, 2.45) is 17.8 Å². The highest BCUT2D eigenvalue weighted by atomic mass is 32.2. The number of carbonyl (C=O) groups is 5. The van der Waals surface area contributed by atoms with Gasteiger partial charge < -0.3 is 20.7 Å². The Morgan fingerprint density at radius 1 is 1.00 bits per heavy atom. The van der Waals surface area contributed by atoms with E-state index in [1.54, 1.807) is 26.0 Å². The molecule has 0 saturated carbocycles. The first-order valence-corrected chi connectivity index (χ1v) is 14.1. The second-order valence-electron chi connectivity index (χ2n) is 10.0. The molecule has 0 aromatic carbocycles. The van der Waals surface area contributed by atoms with Crippen LogP contribution in [0.3, 0.4) is 0 Å². The molecule has 6 atom stereocenters. The number of cyclic esters (lactones) is 1. The molecule has 0 aliphatic carbocycles. The molecule has 2 aliphatic rings. The topological polar surface area (TPSA) is 131 Å². The number of rotatable bonds is 5. The summed E-state index contributed by atoms with van der Waals surface area (Å²) in [5.41, 5.74) is 0. The molecule has 9 nitrogen and oxygen atoms in total. The fraction of sp³-hybridized carbons (Fsp3) is 0.720. The van der Waals surface area contributed by atoms with E-state index in [0.29, 0.717) is 12.2 Å². The van der Waals surface area contributed by atoms with Gasteiger partial charge in [0.05, 0.1) is 18.4 Å². The fourth-order valence-electron chi connectivity index (χ4n) is 4.10. The smallest absolute Gasteiger partial charge is 0.310 e. The van der Waals surface area contributed by atoms with Crippen molar-refractivity contribution in [3.63, 3.8) is 0 Å². The van der Waals surface area contributed by atoms with Crippen LogP contribution in [0.15, 0.2) is 12.2 Å². The van der Waals surface area contributed by atoms with Crippen LogP contribution in [0.2, 0.25) is 0 Å². The van der Waals surface area contributed by atoms with E-state index in [1.165, 1.54) is 11.8 Å². The van der Waals surface area contributed by atoms with E-state index in [4.69, 9.17) is 4.74 Å². The number of ketones is 1. The Bertz CT molecular complexity index is 863. The van der Waals surface area contributed by atoms with Gasteiger partial charge in [-0.25, -0.2) is 0 Å². The number of hydrogen-bond donors (Lipinski definition) is 4. The summed E-state index contributed by atoms with van der Waals surface area (Å²) in [6.45, 7) is 9.09. The third kappa shape index (κ3) is 8.54. The Labute approximate surface area is 223 Å². The minimum atomic E-state index is -0.887. The van der Waals surface area contributed by atoms with Crippen molar-refractivity contribution in [1.29, 1.82) is 0 Å². The first kappa shape index (κ1) is 30.2. The van der Waals surface area contributed by atoms with Crippen molar-refractivity contribution in [3.8, 4) is 0 Å². The number of Topliss-reactive ketones (excluding diaryl/α,β-unsaturated/α-hetero) is 1. The average Bonchev–Trinajstić information content (AvgIpc) is 2.93. The summed E-state index contributed by atoms with van der Waals surface area (Å²) < 4.78 is 5.71. The SMILES string of the molecule is CC1SC[C@H]2NC(=O)[C@@H](C(C)C)NC(=O)C[C@@H](C=CCCS)OC(=O)[C@H](C(C)C)CC(=O)C1NC2=O. The van der Waals surface area contributed by atoms with Crippen molar-refractivity contribution in [2.45, 2.75) is 83.4 Å². The van der Waals surface area contributed by atoms with E-state index in [-0.39, 0.29) is 41.5 Å². The molecule has 3 amide bonds. The van der Waals surface area contributed by atoms with Gasteiger partial charge in [0, 0.05) is 17.4 Å². The summed E-state index contributed by atoms with van der Waals surface area (Å²) >= 11 is 5.58. The molecule has 2 fully saturated rings. The third-order valence-corrected chi connectivity index (χ3v) is 7.95. The number of allylic oxidation sites excluding steroid dienone is 1. The minimum Gasteiger partial charge on any atom is -0.457 e. The van der Waals surface area contributed by atoms with Crippen LogP contribution in [-0.4, -0.2) is 70.5 Å². The van der Waals surface area contributed by atoms with E-state index in [9.17, 15) is 24.0 Å². The van der Waals surface area contributed by atoms with E-state index in [2.05, 4.69) is 28.6 Å². The highest BCUT2D eigenvalue weighted by Crippen LogP contribution is 2.25. The number of fused-ring (bicyclic) bond motifs is 3. The second kappa shape index (κ2) is 14.1. The summed E-state index contributed by atoms with van der Waals surface area (Å²) in [6, 6.07) is -2.53. The number of thioether (sulfide) groups is 1. The van der Waals surface area contributed by atoms with Gasteiger partial charge in [-0.2, -0.15) is 24.4 Å². The number of ether oxygens (including phenoxy) is 1. The van der Waals surface area contributed by atoms with Crippen molar-refractivity contribution < 1.29 is 28.7 Å². The van der Waals surface area contributed by atoms with Crippen LogP contribution >= 0.6 is 24.4 Å². The van der Waals surface area contributed by atoms with Crippen molar-refractivity contribution in [2.75, 3.05) is 11.5 Å².